The van der Waals surface area contributed by atoms with Gasteiger partial charge in [-0.05, 0) is 12.1 Å². The van der Waals surface area contributed by atoms with Crippen LogP contribution < -0.4 is 19.5 Å². The minimum absolute atomic E-state index is 0.0326. The number of aliphatic carboxylic acids is 1. The van der Waals surface area contributed by atoms with Crippen LogP contribution in [0.1, 0.15) is 10.4 Å². The van der Waals surface area contributed by atoms with E-state index in [1.807, 2.05) is 0 Å². The molecule has 1 amide bonds. The molecule has 2 rings (SSSR count). The van der Waals surface area contributed by atoms with Crippen molar-refractivity contribution in [2.45, 2.75) is 5.50 Å². The Hall–Kier alpha value is -2.42. The number of hydrogen-bond acceptors (Lipinski definition) is 7. The summed E-state index contributed by atoms with van der Waals surface area (Å²) in [5.41, 5.74) is -0.308. The van der Waals surface area contributed by atoms with Crippen molar-refractivity contribution in [3.8, 4) is 17.2 Å². The standard InChI is InChI=1S/C14H16N2O6S/c1-20-9-4-7(5-10(21-2)11(9)22-3)12(17)16-14-15-8(6-23-14)13(18)19/h4-5,14H,6H2,1-3H3,(H,16,17)(H,18,19). The summed E-state index contributed by atoms with van der Waals surface area (Å²) >= 11 is 1.23. The fourth-order valence-electron chi connectivity index (χ4n) is 1.97. The fraction of sp³-hybridized carbons (Fsp3) is 0.357. The molecule has 1 aliphatic rings. The maximum absolute atomic E-state index is 12.3. The van der Waals surface area contributed by atoms with Gasteiger partial charge in [0.05, 0.1) is 21.3 Å². The van der Waals surface area contributed by atoms with Crippen molar-refractivity contribution < 1.29 is 28.9 Å². The van der Waals surface area contributed by atoms with Gasteiger partial charge in [-0.3, -0.25) is 4.79 Å². The average molecular weight is 340 g/mol. The summed E-state index contributed by atoms with van der Waals surface area (Å²) in [5.74, 6) is -0.168. The number of carboxylic acid groups (broad SMARTS) is 1. The molecule has 1 aliphatic heterocycles. The molecule has 8 nitrogen and oxygen atoms in total. The van der Waals surface area contributed by atoms with Crippen molar-refractivity contribution in [3.63, 3.8) is 0 Å². The van der Waals surface area contributed by atoms with Crippen molar-refractivity contribution in [3.05, 3.63) is 17.7 Å². The van der Waals surface area contributed by atoms with Crippen molar-refractivity contribution in [1.29, 1.82) is 0 Å². The number of carbonyl (C=O) groups is 2. The number of benzene rings is 1. The number of amides is 1. The van der Waals surface area contributed by atoms with Crippen LogP contribution in [-0.2, 0) is 4.79 Å². The molecule has 1 aromatic rings. The number of carboxylic acids is 1. The molecule has 1 atom stereocenters. The summed E-state index contributed by atoms with van der Waals surface area (Å²) in [6.07, 6.45) is 0. The molecule has 1 unspecified atom stereocenters. The second kappa shape index (κ2) is 7.23. The summed E-state index contributed by atoms with van der Waals surface area (Å²) in [6.45, 7) is 0. The smallest absolute Gasteiger partial charge is 0.350 e. The zero-order chi connectivity index (χ0) is 17.0. The van der Waals surface area contributed by atoms with E-state index in [2.05, 4.69) is 10.3 Å². The van der Waals surface area contributed by atoms with Gasteiger partial charge in [0.25, 0.3) is 5.91 Å². The normalized spacial score (nSPS) is 16.5. The Balaban J connectivity index is 2.21. The largest absolute Gasteiger partial charge is 0.493 e. The van der Waals surface area contributed by atoms with Crippen molar-refractivity contribution >= 4 is 29.4 Å². The molecule has 2 N–H and O–H groups in total. The van der Waals surface area contributed by atoms with Crippen LogP contribution in [0.2, 0.25) is 0 Å². The van der Waals surface area contributed by atoms with Crippen LogP contribution in [0.5, 0.6) is 17.2 Å². The van der Waals surface area contributed by atoms with Gasteiger partial charge < -0.3 is 24.6 Å². The summed E-state index contributed by atoms with van der Waals surface area (Å²) in [7, 11) is 4.38. The molecule has 1 aromatic carbocycles. The molecule has 9 heteroatoms. The lowest BCUT2D eigenvalue weighted by molar-refractivity contribution is -0.129. The Morgan fingerprint density at radius 2 is 1.83 bits per heavy atom. The monoisotopic (exact) mass is 340 g/mol. The van der Waals surface area contributed by atoms with Gasteiger partial charge >= 0.3 is 5.97 Å². The molecular weight excluding hydrogens is 324 g/mol. The number of nitrogens with one attached hydrogen (secondary N) is 1. The van der Waals surface area contributed by atoms with E-state index in [9.17, 15) is 9.59 Å². The SMILES string of the molecule is COc1cc(C(=O)NC2N=C(C(=O)O)CS2)cc(OC)c1OC. The number of ether oxygens (including phenoxy) is 3. The van der Waals surface area contributed by atoms with Crippen LogP contribution in [-0.4, -0.2) is 55.3 Å². The first-order chi connectivity index (χ1) is 11.0. The first-order valence-corrected chi connectivity index (χ1v) is 7.57. The van der Waals surface area contributed by atoms with E-state index in [0.717, 1.165) is 0 Å². The average Bonchev–Trinajstić information content (AvgIpc) is 3.01. The summed E-state index contributed by atoms with van der Waals surface area (Å²) in [4.78, 5) is 27.1. The van der Waals surface area contributed by atoms with Crippen LogP contribution in [0.25, 0.3) is 0 Å². The summed E-state index contributed by atoms with van der Waals surface area (Å²) in [6, 6.07) is 3.02. The highest BCUT2D eigenvalue weighted by Gasteiger charge is 2.25. The molecule has 0 aromatic heterocycles. The number of aliphatic imine (C=N–C) groups is 1. The van der Waals surface area contributed by atoms with Gasteiger partial charge in [-0.1, -0.05) is 0 Å². The number of nitrogens with zero attached hydrogens (tertiary/aromatic N) is 1. The minimum atomic E-state index is -1.08. The molecule has 0 aliphatic carbocycles. The maximum atomic E-state index is 12.3. The molecular formula is C14H16N2O6S. The quantitative estimate of drug-likeness (QED) is 0.795. The Kier molecular flexibility index (Phi) is 5.32. The Morgan fingerprint density at radius 1 is 1.22 bits per heavy atom. The first-order valence-electron chi connectivity index (χ1n) is 6.52. The molecule has 0 saturated heterocycles. The molecule has 23 heavy (non-hydrogen) atoms. The molecule has 1 heterocycles. The van der Waals surface area contributed by atoms with Gasteiger partial charge in [0.1, 0.15) is 5.71 Å². The second-order valence-electron chi connectivity index (χ2n) is 4.43. The predicted molar refractivity (Wildman–Crippen MR) is 84.9 cm³/mol. The van der Waals surface area contributed by atoms with Gasteiger partial charge in [0.15, 0.2) is 17.0 Å². The van der Waals surface area contributed by atoms with Crippen LogP contribution >= 0.6 is 11.8 Å². The van der Waals surface area contributed by atoms with E-state index in [4.69, 9.17) is 19.3 Å². The first kappa shape index (κ1) is 16.9. The van der Waals surface area contributed by atoms with E-state index in [1.54, 1.807) is 0 Å². The maximum Gasteiger partial charge on any atom is 0.350 e. The third-order valence-electron chi connectivity index (χ3n) is 3.08. The number of hydrogen-bond donors (Lipinski definition) is 2. The molecule has 0 spiro atoms. The van der Waals surface area contributed by atoms with Crippen LogP contribution in [0.4, 0.5) is 0 Å². The van der Waals surface area contributed by atoms with Gasteiger partial charge in [0.2, 0.25) is 5.75 Å². The highest BCUT2D eigenvalue weighted by atomic mass is 32.2. The topological polar surface area (TPSA) is 106 Å². The van der Waals surface area contributed by atoms with Crippen LogP contribution in [0.3, 0.4) is 0 Å². The van der Waals surface area contributed by atoms with Crippen molar-refractivity contribution in [2.75, 3.05) is 27.1 Å². The van der Waals surface area contributed by atoms with Gasteiger partial charge in [-0.2, -0.15) is 0 Å². The third-order valence-corrected chi connectivity index (χ3v) is 4.06. The molecule has 0 fully saturated rings. The molecule has 0 radical (unpaired) electrons. The summed E-state index contributed by atoms with van der Waals surface area (Å²) < 4.78 is 15.6. The number of rotatable bonds is 6. The Labute approximate surface area is 136 Å². The zero-order valence-corrected chi connectivity index (χ0v) is 13.6. The lowest BCUT2D eigenvalue weighted by Gasteiger charge is -2.15. The van der Waals surface area contributed by atoms with Gasteiger partial charge in [0, 0.05) is 11.3 Å². The Morgan fingerprint density at radius 3 is 2.26 bits per heavy atom. The highest BCUT2D eigenvalue weighted by Crippen LogP contribution is 2.38. The van der Waals surface area contributed by atoms with Crippen molar-refractivity contribution in [2.24, 2.45) is 4.99 Å². The van der Waals surface area contributed by atoms with Crippen molar-refractivity contribution in [1.82, 2.24) is 5.32 Å². The molecule has 0 bridgehead atoms. The lowest BCUT2D eigenvalue weighted by atomic mass is 10.1. The Bertz CT molecular complexity index is 636. The fourth-order valence-corrected chi connectivity index (χ4v) is 2.88. The lowest BCUT2D eigenvalue weighted by Crippen LogP contribution is -2.30. The van der Waals surface area contributed by atoms with E-state index in [-0.39, 0.29) is 11.5 Å². The number of methoxy groups -OCH3 is 3. The minimum Gasteiger partial charge on any atom is -0.493 e. The van der Waals surface area contributed by atoms with E-state index < -0.39 is 17.4 Å². The predicted octanol–water partition coefficient (Wildman–Crippen LogP) is 0.998. The number of thioether (sulfide) groups is 1. The van der Waals surface area contributed by atoms with E-state index in [1.165, 1.54) is 45.2 Å². The summed E-state index contributed by atoms with van der Waals surface area (Å²) in [5, 5.41) is 11.5. The zero-order valence-electron chi connectivity index (χ0n) is 12.8. The van der Waals surface area contributed by atoms with E-state index >= 15 is 0 Å². The van der Waals surface area contributed by atoms with Gasteiger partial charge in [-0.15, -0.1) is 11.8 Å². The third kappa shape index (κ3) is 3.67. The number of carbonyl (C=O) groups excluding carboxylic acids is 1. The molecule has 124 valence electrons. The van der Waals surface area contributed by atoms with Gasteiger partial charge in [-0.25, -0.2) is 9.79 Å². The second-order valence-corrected chi connectivity index (χ2v) is 5.50. The highest BCUT2D eigenvalue weighted by molar-refractivity contribution is 8.01. The van der Waals surface area contributed by atoms with Crippen LogP contribution in [0.15, 0.2) is 17.1 Å². The molecule has 0 saturated carbocycles. The van der Waals surface area contributed by atoms with E-state index in [0.29, 0.717) is 22.8 Å². The van der Waals surface area contributed by atoms with Crippen LogP contribution in [0, 0.1) is 0 Å².